The van der Waals surface area contributed by atoms with Gasteiger partial charge in [-0.15, -0.1) is 0 Å². The maximum absolute atomic E-state index is 11.3. The summed E-state index contributed by atoms with van der Waals surface area (Å²) in [4.78, 5) is 14.3. The first kappa shape index (κ1) is 14.8. The standard InChI is InChI=1S/C14H24N2O2/c1-10(14(2,3)4)8-15-9-11-6-7-12(16-11)13(17)18-5/h6-7,10,15-16H,8-9H2,1-5H3. The van der Waals surface area contributed by atoms with Gasteiger partial charge >= 0.3 is 5.97 Å². The van der Waals surface area contributed by atoms with Gasteiger partial charge in [0.2, 0.25) is 0 Å². The van der Waals surface area contributed by atoms with E-state index in [1.807, 2.05) is 6.07 Å². The van der Waals surface area contributed by atoms with Crippen LogP contribution in [0, 0.1) is 11.3 Å². The number of aromatic nitrogens is 1. The summed E-state index contributed by atoms with van der Waals surface area (Å²) < 4.78 is 4.65. The van der Waals surface area contributed by atoms with E-state index in [0.29, 0.717) is 17.0 Å². The summed E-state index contributed by atoms with van der Waals surface area (Å²) in [5.74, 6) is 0.261. The number of H-pyrrole nitrogens is 1. The molecule has 0 bridgehead atoms. The Hall–Kier alpha value is -1.29. The van der Waals surface area contributed by atoms with Gasteiger partial charge in [-0.2, -0.15) is 0 Å². The number of nitrogens with one attached hydrogen (secondary N) is 2. The monoisotopic (exact) mass is 252 g/mol. The molecule has 1 atom stereocenters. The molecule has 1 rings (SSSR count). The fourth-order valence-corrected chi connectivity index (χ4v) is 1.50. The Balaban J connectivity index is 2.41. The average molecular weight is 252 g/mol. The Labute approximate surface area is 109 Å². The Morgan fingerprint density at radius 2 is 2.11 bits per heavy atom. The van der Waals surface area contributed by atoms with Gasteiger partial charge in [-0.05, 0) is 30.0 Å². The minimum atomic E-state index is -0.329. The van der Waals surface area contributed by atoms with Gasteiger partial charge in [0.1, 0.15) is 5.69 Å². The zero-order valence-electron chi connectivity index (χ0n) is 12.0. The molecule has 2 N–H and O–H groups in total. The van der Waals surface area contributed by atoms with Crippen LogP contribution in [-0.2, 0) is 11.3 Å². The van der Waals surface area contributed by atoms with Crippen LogP contribution < -0.4 is 5.32 Å². The van der Waals surface area contributed by atoms with Crippen molar-refractivity contribution in [3.63, 3.8) is 0 Å². The predicted molar refractivity (Wildman–Crippen MR) is 72.5 cm³/mol. The van der Waals surface area contributed by atoms with Crippen molar-refractivity contribution in [1.29, 1.82) is 0 Å². The Morgan fingerprint density at radius 1 is 1.44 bits per heavy atom. The second kappa shape index (κ2) is 6.05. The van der Waals surface area contributed by atoms with E-state index in [4.69, 9.17) is 0 Å². The molecule has 0 saturated heterocycles. The zero-order valence-corrected chi connectivity index (χ0v) is 12.0. The highest BCUT2D eigenvalue weighted by Crippen LogP contribution is 2.24. The molecule has 0 aromatic carbocycles. The number of hydrogen-bond acceptors (Lipinski definition) is 3. The number of esters is 1. The highest BCUT2D eigenvalue weighted by molar-refractivity contribution is 5.87. The Kier molecular flexibility index (Phi) is 4.96. The molecule has 0 fully saturated rings. The number of methoxy groups -OCH3 is 1. The predicted octanol–water partition coefficient (Wildman–Crippen LogP) is 2.57. The van der Waals surface area contributed by atoms with E-state index in [0.717, 1.165) is 18.8 Å². The number of hydrogen-bond donors (Lipinski definition) is 2. The molecule has 1 unspecified atom stereocenters. The fraction of sp³-hybridized carbons (Fsp3) is 0.643. The number of aromatic amines is 1. The van der Waals surface area contributed by atoms with Crippen LogP contribution in [0.1, 0.15) is 43.9 Å². The van der Waals surface area contributed by atoms with Crippen molar-refractivity contribution in [2.24, 2.45) is 11.3 Å². The van der Waals surface area contributed by atoms with Gasteiger partial charge in [0, 0.05) is 12.2 Å². The van der Waals surface area contributed by atoms with Crippen molar-refractivity contribution in [2.75, 3.05) is 13.7 Å². The van der Waals surface area contributed by atoms with Gasteiger partial charge in [0.25, 0.3) is 0 Å². The van der Waals surface area contributed by atoms with Crippen LogP contribution in [0.4, 0.5) is 0 Å². The van der Waals surface area contributed by atoms with Gasteiger partial charge in [0.05, 0.1) is 7.11 Å². The first-order valence-corrected chi connectivity index (χ1v) is 6.31. The van der Waals surface area contributed by atoms with Crippen molar-refractivity contribution in [2.45, 2.75) is 34.2 Å². The number of rotatable bonds is 5. The normalized spacial score (nSPS) is 13.4. The summed E-state index contributed by atoms with van der Waals surface area (Å²) in [7, 11) is 1.38. The quantitative estimate of drug-likeness (QED) is 0.792. The molecule has 0 aliphatic rings. The highest BCUT2D eigenvalue weighted by Gasteiger charge is 2.19. The number of carbonyl (C=O) groups is 1. The van der Waals surface area contributed by atoms with Gasteiger partial charge in [-0.3, -0.25) is 0 Å². The highest BCUT2D eigenvalue weighted by atomic mass is 16.5. The summed E-state index contributed by atoms with van der Waals surface area (Å²) >= 11 is 0. The lowest BCUT2D eigenvalue weighted by molar-refractivity contribution is 0.0594. The molecular weight excluding hydrogens is 228 g/mol. The van der Waals surface area contributed by atoms with E-state index < -0.39 is 0 Å². The molecule has 0 radical (unpaired) electrons. The zero-order chi connectivity index (χ0) is 13.8. The minimum Gasteiger partial charge on any atom is -0.464 e. The van der Waals surface area contributed by atoms with Crippen LogP contribution >= 0.6 is 0 Å². The average Bonchev–Trinajstić information content (AvgIpc) is 2.75. The molecule has 1 heterocycles. The third-order valence-electron chi connectivity index (χ3n) is 3.40. The van der Waals surface area contributed by atoms with E-state index >= 15 is 0 Å². The Morgan fingerprint density at radius 3 is 2.67 bits per heavy atom. The maximum atomic E-state index is 11.3. The minimum absolute atomic E-state index is 0.305. The molecule has 0 amide bonds. The molecule has 1 aromatic rings. The van der Waals surface area contributed by atoms with Crippen LogP contribution in [0.2, 0.25) is 0 Å². The third-order valence-corrected chi connectivity index (χ3v) is 3.40. The maximum Gasteiger partial charge on any atom is 0.354 e. The van der Waals surface area contributed by atoms with Gasteiger partial charge in [0.15, 0.2) is 0 Å². The van der Waals surface area contributed by atoms with Crippen molar-refractivity contribution in [3.8, 4) is 0 Å². The van der Waals surface area contributed by atoms with Crippen LogP contribution in [0.25, 0.3) is 0 Å². The molecule has 0 saturated carbocycles. The number of ether oxygens (including phenoxy) is 1. The van der Waals surface area contributed by atoms with Crippen molar-refractivity contribution < 1.29 is 9.53 Å². The van der Waals surface area contributed by atoms with Crippen LogP contribution in [0.3, 0.4) is 0 Å². The van der Waals surface area contributed by atoms with Crippen molar-refractivity contribution >= 4 is 5.97 Å². The molecule has 102 valence electrons. The van der Waals surface area contributed by atoms with E-state index in [2.05, 4.69) is 42.7 Å². The van der Waals surface area contributed by atoms with E-state index in [1.165, 1.54) is 7.11 Å². The van der Waals surface area contributed by atoms with Crippen LogP contribution in [0.15, 0.2) is 12.1 Å². The summed E-state index contributed by atoms with van der Waals surface area (Å²) in [6.07, 6.45) is 0. The van der Waals surface area contributed by atoms with Crippen molar-refractivity contribution in [1.82, 2.24) is 10.3 Å². The number of carbonyl (C=O) groups excluding carboxylic acids is 1. The topological polar surface area (TPSA) is 54.1 Å². The molecule has 1 aromatic heterocycles. The first-order valence-electron chi connectivity index (χ1n) is 6.31. The second-order valence-electron chi connectivity index (χ2n) is 5.79. The molecule has 18 heavy (non-hydrogen) atoms. The summed E-state index contributed by atoms with van der Waals surface area (Å²) in [6, 6.07) is 3.65. The van der Waals surface area contributed by atoms with E-state index in [9.17, 15) is 4.79 Å². The SMILES string of the molecule is COC(=O)c1ccc(CNCC(C)C(C)(C)C)[nH]1. The lowest BCUT2D eigenvalue weighted by atomic mass is 9.82. The lowest BCUT2D eigenvalue weighted by Gasteiger charge is -2.27. The fourth-order valence-electron chi connectivity index (χ4n) is 1.50. The molecular formula is C14H24N2O2. The molecule has 0 aliphatic heterocycles. The second-order valence-corrected chi connectivity index (χ2v) is 5.79. The third kappa shape index (κ3) is 4.18. The van der Waals surface area contributed by atoms with E-state index in [-0.39, 0.29) is 5.97 Å². The molecule has 4 heteroatoms. The van der Waals surface area contributed by atoms with Crippen molar-refractivity contribution in [3.05, 3.63) is 23.5 Å². The van der Waals surface area contributed by atoms with E-state index in [1.54, 1.807) is 6.07 Å². The Bertz CT molecular complexity index is 391. The van der Waals surface area contributed by atoms with Gasteiger partial charge < -0.3 is 15.0 Å². The summed E-state index contributed by atoms with van der Waals surface area (Å²) in [6.45, 7) is 10.6. The first-order chi connectivity index (χ1) is 8.34. The smallest absolute Gasteiger partial charge is 0.354 e. The lowest BCUT2D eigenvalue weighted by Crippen LogP contribution is -2.29. The van der Waals surface area contributed by atoms with Crippen LogP contribution in [-0.4, -0.2) is 24.6 Å². The van der Waals surface area contributed by atoms with Crippen LogP contribution in [0.5, 0.6) is 0 Å². The summed E-state index contributed by atoms with van der Waals surface area (Å²) in [5, 5.41) is 3.39. The largest absolute Gasteiger partial charge is 0.464 e. The van der Waals surface area contributed by atoms with Gasteiger partial charge in [-0.1, -0.05) is 27.7 Å². The molecule has 0 aliphatic carbocycles. The molecule has 0 spiro atoms. The summed E-state index contributed by atoms with van der Waals surface area (Å²) in [5.41, 5.74) is 1.80. The molecule has 4 nitrogen and oxygen atoms in total. The van der Waals surface area contributed by atoms with Gasteiger partial charge in [-0.25, -0.2) is 4.79 Å².